The molecule has 2 aromatic carbocycles. The van der Waals surface area contributed by atoms with E-state index in [0.29, 0.717) is 22.9 Å². The number of para-hydroxylation sites is 2. The number of aromatic nitrogens is 3. The number of benzene rings is 2. The molecule has 0 spiro atoms. The van der Waals surface area contributed by atoms with Gasteiger partial charge in [0, 0.05) is 31.1 Å². The maximum atomic E-state index is 12.8. The minimum atomic E-state index is -0.233. The van der Waals surface area contributed by atoms with Crippen molar-refractivity contribution in [1.82, 2.24) is 19.4 Å². The van der Waals surface area contributed by atoms with Gasteiger partial charge in [-0.2, -0.15) is 0 Å². The summed E-state index contributed by atoms with van der Waals surface area (Å²) in [4.78, 5) is 29.6. The van der Waals surface area contributed by atoms with E-state index in [1.165, 1.54) is 4.57 Å². The van der Waals surface area contributed by atoms with Crippen LogP contribution in [0.25, 0.3) is 21.8 Å². The average Bonchev–Trinajstić information content (AvgIpc) is 2.99. The number of fused-ring (bicyclic) bond motifs is 2. The van der Waals surface area contributed by atoms with E-state index in [2.05, 4.69) is 10.3 Å². The van der Waals surface area contributed by atoms with Gasteiger partial charge in [-0.05, 0) is 18.2 Å². The van der Waals surface area contributed by atoms with Crippen LogP contribution in [0.3, 0.4) is 0 Å². The van der Waals surface area contributed by atoms with Gasteiger partial charge < -0.3 is 14.5 Å². The Kier molecular flexibility index (Phi) is 3.80. The van der Waals surface area contributed by atoms with E-state index in [4.69, 9.17) is 0 Å². The number of pyridine rings is 1. The molecule has 4 aromatic rings. The minimum Gasteiger partial charge on any atom is -0.345 e. The summed E-state index contributed by atoms with van der Waals surface area (Å²) in [5.74, 6) is 0.539. The first-order chi connectivity index (χ1) is 12.6. The third-order valence-electron chi connectivity index (χ3n) is 4.62. The number of aryl methyl sites for hydroxylation is 2. The first-order valence-corrected chi connectivity index (χ1v) is 8.33. The van der Waals surface area contributed by atoms with Crippen molar-refractivity contribution in [1.29, 1.82) is 0 Å². The van der Waals surface area contributed by atoms with Crippen LogP contribution in [0.1, 0.15) is 16.2 Å². The lowest BCUT2D eigenvalue weighted by atomic mass is 10.1. The van der Waals surface area contributed by atoms with Gasteiger partial charge in [-0.15, -0.1) is 0 Å². The zero-order valence-electron chi connectivity index (χ0n) is 14.6. The fourth-order valence-electron chi connectivity index (χ4n) is 3.21. The second-order valence-corrected chi connectivity index (χ2v) is 6.26. The molecular formula is C20H18N4O2. The van der Waals surface area contributed by atoms with Crippen LogP contribution in [0.5, 0.6) is 0 Å². The number of amides is 1. The Balaban J connectivity index is 1.67. The fourth-order valence-corrected chi connectivity index (χ4v) is 3.21. The van der Waals surface area contributed by atoms with Gasteiger partial charge in [0.2, 0.25) is 0 Å². The Hall–Kier alpha value is -3.41. The Labute approximate surface area is 149 Å². The van der Waals surface area contributed by atoms with Crippen LogP contribution in [0.4, 0.5) is 0 Å². The van der Waals surface area contributed by atoms with Crippen molar-refractivity contribution in [3.05, 3.63) is 76.5 Å². The van der Waals surface area contributed by atoms with Crippen LogP contribution < -0.4 is 10.9 Å². The second-order valence-electron chi connectivity index (χ2n) is 6.26. The molecule has 4 rings (SSSR count). The van der Waals surface area contributed by atoms with Gasteiger partial charge in [0.05, 0.1) is 23.1 Å². The van der Waals surface area contributed by atoms with Crippen LogP contribution in [-0.2, 0) is 20.6 Å². The maximum Gasteiger partial charge on any atom is 0.258 e. The molecule has 1 amide bonds. The zero-order valence-corrected chi connectivity index (χ0v) is 14.6. The molecule has 0 aliphatic heterocycles. The topological polar surface area (TPSA) is 68.9 Å². The molecule has 0 saturated carbocycles. The second kappa shape index (κ2) is 6.15. The number of nitrogens with zero attached hydrogens (tertiary/aromatic N) is 3. The van der Waals surface area contributed by atoms with Crippen molar-refractivity contribution < 1.29 is 4.79 Å². The van der Waals surface area contributed by atoms with Gasteiger partial charge in [0.15, 0.2) is 0 Å². The first-order valence-electron chi connectivity index (χ1n) is 8.33. The van der Waals surface area contributed by atoms with Crippen molar-refractivity contribution in [3.63, 3.8) is 0 Å². The van der Waals surface area contributed by atoms with E-state index in [-0.39, 0.29) is 11.5 Å². The summed E-state index contributed by atoms with van der Waals surface area (Å²) in [6, 6.07) is 15.0. The summed E-state index contributed by atoms with van der Waals surface area (Å²) >= 11 is 0. The number of rotatable bonds is 3. The third kappa shape index (κ3) is 2.56. The molecule has 26 heavy (non-hydrogen) atoms. The molecule has 0 unspecified atom stereocenters. The highest BCUT2D eigenvalue weighted by molar-refractivity contribution is 6.06. The molecule has 0 aliphatic carbocycles. The van der Waals surface area contributed by atoms with Crippen LogP contribution in [-0.4, -0.2) is 20.0 Å². The lowest BCUT2D eigenvalue weighted by Crippen LogP contribution is -2.27. The molecule has 0 saturated heterocycles. The molecule has 1 N–H and O–H groups in total. The molecule has 0 aliphatic rings. The minimum absolute atomic E-state index is 0.118. The highest BCUT2D eigenvalue weighted by Crippen LogP contribution is 2.16. The number of carbonyl (C=O) groups excluding carboxylic acids is 1. The summed E-state index contributed by atoms with van der Waals surface area (Å²) in [6.45, 7) is 0.307. The standard InChI is InChI=1S/C20H18N4O2/c1-23-12-15(13-7-3-4-8-14(13)20(23)26)19(25)21-11-18-22-16-9-5-6-10-17(16)24(18)2/h3-10,12H,11H2,1-2H3,(H,21,25). The largest absolute Gasteiger partial charge is 0.345 e. The van der Waals surface area contributed by atoms with Gasteiger partial charge in [-0.25, -0.2) is 4.98 Å². The van der Waals surface area contributed by atoms with Crippen LogP contribution in [0.15, 0.2) is 59.5 Å². The van der Waals surface area contributed by atoms with Gasteiger partial charge in [-0.1, -0.05) is 30.3 Å². The van der Waals surface area contributed by atoms with Crippen molar-refractivity contribution in [2.45, 2.75) is 6.54 Å². The van der Waals surface area contributed by atoms with E-state index in [0.717, 1.165) is 16.9 Å². The van der Waals surface area contributed by atoms with Crippen molar-refractivity contribution in [3.8, 4) is 0 Å². The summed E-state index contributed by atoms with van der Waals surface area (Å²) in [5, 5.41) is 4.10. The highest BCUT2D eigenvalue weighted by atomic mass is 16.2. The Morgan fingerprint density at radius 1 is 1.04 bits per heavy atom. The zero-order chi connectivity index (χ0) is 18.3. The molecule has 2 aromatic heterocycles. The molecular weight excluding hydrogens is 328 g/mol. The first kappa shape index (κ1) is 16.1. The molecule has 130 valence electrons. The third-order valence-corrected chi connectivity index (χ3v) is 4.62. The van der Waals surface area contributed by atoms with Gasteiger partial charge in [-0.3, -0.25) is 9.59 Å². The maximum absolute atomic E-state index is 12.8. The van der Waals surface area contributed by atoms with Crippen LogP contribution in [0, 0.1) is 0 Å². The molecule has 0 radical (unpaired) electrons. The number of carbonyl (C=O) groups is 1. The average molecular weight is 346 g/mol. The van der Waals surface area contributed by atoms with Crippen LogP contribution in [0.2, 0.25) is 0 Å². The molecule has 0 fully saturated rings. The lowest BCUT2D eigenvalue weighted by molar-refractivity contribution is 0.0950. The molecule has 6 heteroatoms. The molecule has 2 heterocycles. The van der Waals surface area contributed by atoms with Crippen molar-refractivity contribution >= 4 is 27.7 Å². The normalized spacial score (nSPS) is 11.2. The van der Waals surface area contributed by atoms with Gasteiger partial charge in [0.25, 0.3) is 11.5 Å². The lowest BCUT2D eigenvalue weighted by Gasteiger charge is -2.10. The monoisotopic (exact) mass is 346 g/mol. The van der Waals surface area contributed by atoms with Gasteiger partial charge in [0.1, 0.15) is 5.82 Å². The smallest absolute Gasteiger partial charge is 0.258 e. The van der Waals surface area contributed by atoms with E-state index < -0.39 is 0 Å². The summed E-state index contributed by atoms with van der Waals surface area (Å²) < 4.78 is 3.40. The number of nitrogens with one attached hydrogen (secondary N) is 1. The fraction of sp³-hybridized carbons (Fsp3) is 0.150. The Morgan fingerprint density at radius 3 is 2.50 bits per heavy atom. The molecule has 6 nitrogen and oxygen atoms in total. The van der Waals surface area contributed by atoms with Crippen molar-refractivity contribution in [2.75, 3.05) is 0 Å². The highest BCUT2D eigenvalue weighted by Gasteiger charge is 2.14. The quantitative estimate of drug-likeness (QED) is 0.619. The van der Waals surface area contributed by atoms with Crippen LogP contribution >= 0.6 is 0 Å². The SMILES string of the molecule is Cn1cc(C(=O)NCc2nc3ccccc3n2C)c2ccccc2c1=O. The van der Waals surface area contributed by atoms with E-state index in [1.54, 1.807) is 31.4 Å². The number of hydrogen-bond acceptors (Lipinski definition) is 3. The van der Waals surface area contributed by atoms with Gasteiger partial charge >= 0.3 is 0 Å². The predicted octanol–water partition coefficient (Wildman–Crippen LogP) is 2.36. The Morgan fingerprint density at radius 2 is 1.73 bits per heavy atom. The summed E-state index contributed by atoms with van der Waals surface area (Å²) in [5.41, 5.74) is 2.27. The number of hydrogen-bond donors (Lipinski definition) is 1. The van der Waals surface area contributed by atoms with E-state index >= 15 is 0 Å². The molecule has 0 atom stereocenters. The Bertz CT molecular complexity index is 1200. The van der Waals surface area contributed by atoms with E-state index in [9.17, 15) is 9.59 Å². The summed E-state index contributed by atoms with van der Waals surface area (Å²) in [7, 11) is 3.58. The summed E-state index contributed by atoms with van der Waals surface area (Å²) in [6.07, 6.45) is 1.58. The number of imidazole rings is 1. The molecule has 0 bridgehead atoms. The predicted molar refractivity (Wildman–Crippen MR) is 101 cm³/mol. The van der Waals surface area contributed by atoms with E-state index in [1.807, 2.05) is 41.9 Å². The van der Waals surface area contributed by atoms with Crippen molar-refractivity contribution in [2.24, 2.45) is 14.1 Å².